The highest BCUT2D eigenvalue weighted by Crippen LogP contribution is 2.21. The van der Waals surface area contributed by atoms with Crippen molar-refractivity contribution in [2.75, 3.05) is 12.4 Å². The lowest BCUT2D eigenvalue weighted by Crippen LogP contribution is -2.30. The highest BCUT2D eigenvalue weighted by molar-refractivity contribution is 5.95. The van der Waals surface area contributed by atoms with Crippen molar-refractivity contribution in [2.24, 2.45) is 7.05 Å². The Morgan fingerprint density at radius 2 is 2.00 bits per heavy atom. The minimum Gasteiger partial charge on any atom is -0.324 e. The number of nitrogens with zero attached hydrogens (tertiary/aromatic N) is 4. The van der Waals surface area contributed by atoms with E-state index in [1.807, 2.05) is 19.9 Å². The second-order valence-corrected chi connectivity index (χ2v) is 6.16. The zero-order valence-electron chi connectivity index (χ0n) is 15.5. The third-order valence-electron chi connectivity index (χ3n) is 4.06. The second-order valence-electron chi connectivity index (χ2n) is 6.16. The Morgan fingerprint density at radius 3 is 2.52 bits per heavy atom. The molecule has 3 aromatic rings. The quantitative estimate of drug-likeness (QED) is 0.700. The van der Waals surface area contributed by atoms with Gasteiger partial charge in [-0.1, -0.05) is 0 Å². The first-order chi connectivity index (χ1) is 12.4. The van der Waals surface area contributed by atoms with Gasteiger partial charge in [-0.2, -0.15) is 10.2 Å². The van der Waals surface area contributed by atoms with Crippen LogP contribution in [0.3, 0.4) is 0 Å². The molecule has 27 heavy (non-hydrogen) atoms. The van der Waals surface area contributed by atoms with Gasteiger partial charge in [0.2, 0.25) is 5.91 Å². The Morgan fingerprint density at radius 1 is 1.26 bits per heavy atom. The summed E-state index contributed by atoms with van der Waals surface area (Å²) in [6, 6.07) is 5.84. The molecule has 9 heteroatoms. The van der Waals surface area contributed by atoms with Crippen LogP contribution in [0, 0.1) is 19.7 Å². The van der Waals surface area contributed by atoms with Crippen LogP contribution in [0.5, 0.6) is 0 Å². The summed E-state index contributed by atoms with van der Waals surface area (Å²) < 4.78 is 17.7. The normalized spacial score (nSPS) is 11.7. The summed E-state index contributed by atoms with van der Waals surface area (Å²) in [6.07, 6.45) is 3.38. The van der Waals surface area contributed by atoms with Gasteiger partial charge in [0, 0.05) is 30.2 Å². The third-order valence-corrected chi connectivity index (χ3v) is 4.06. The zero-order valence-corrected chi connectivity index (χ0v) is 16.3. The molecule has 1 atom stereocenters. The fraction of sp³-hybridized carbons (Fsp3) is 0.278. The molecule has 0 radical (unpaired) electrons. The van der Waals surface area contributed by atoms with Crippen LogP contribution in [0.1, 0.15) is 23.0 Å². The first-order valence-corrected chi connectivity index (χ1v) is 8.19. The van der Waals surface area contributed by atoms with Gasteiger partial charge in [0.15, 0.2) is 5.82 Å². The van der Waals surface area contributed by atoms with E-state index in [0.29, 0.717) is 11.4 Å². The Balaban J connectivity index is 0.00000261. The van der Waals surface area contributed by atoms with Crippen molar-refractivity contribution in [1.29, 1.82) is 0 Å². The number of aromatic nitrogens is 4. The summed E-state index contributed by atoms with van der Waals surface area (Å²) >= 11 is 0. The van der Waals surface area contributed by atoms with Crippen molar-refractivity contribution in [2.45, 2.75) is 19.9 Å². The summed E-state index contributed by atoms with van der Waals surface area (Å²) in [5.74, 6) is -0.754. The molecule has 144 valence electrons. The lowest BCUT2D eigenvalue weighted by atomic mass is 10.1. The van der Waals surface area contributed by atoms with Crippen LogP contribution < -0.4 is 10.6 Å². The second kappa shape index (κ2) is 8.32. The SMILES string of the molecule is CNC(C(=O)Nc1ccc(-n2nc(C)cc2C)c(F)c1)c1cnn(C)c1.Cl. The molecule has 0 aliphatic carbocycles. The number of aryl methyl sites for hydroxylation is 3. The molecule has 0 spiro atoms. The minimum absolute atomic E-state index is 0. The van der Waals surface area contributed by atoms with Crippen LogP contribution in [0.25, 0.3) is 5.69 Å². The van der Waals surface area contributed by atoms with E-state index in [-0.39, 0.29) is 18.3 Å². The first kappa shape index (κ1) is 20.6. The maximum Gasteiger partial charge on any atom is 0.246 e. The van der Waals surface area contributed by atoms with Crippen LogP contribution in [0.2, 0.25) is 0 Å². The lowest BCUT2D eigenvalue weighted by molar-refractivity contribution is -0.118. The van der Waals surface area contributed by atoms with Crippen LogP contribution >= 0.6 is 12.4 Å². The van der Waals surface area contributed by atoms with Gasteiger partial charge in [0.1, 0.15) is 11.7 Å². The Bertz CT molecular complexity index is 951. The summed E-state index contributed by atoms with van der Waals surface area (Å²) in [4.78, 5) is 12.5. The summed E-state index contributed by atoms with van der Waals surface area (Å²) in [7, 11) is 3.46. The number of hydrogen-bond donors (Lipinski definition) is 2. The van der Waals surface area contributed by atoms with E-state index in [2.05, 4.69) is 20.8 Å². The van der Waals surface area contributed by atoms with E-state index in [0.717, 1.165) is 17.0 Å². The van der Waals surface area contributed by atoms with Crippen molar-refractivity contribution in [1.82, 2.24) is 24.9 Å². The number of hydrogen-bond acceptors (Lipinski definition) is 4. The van der Waals surface area contributed by atoms with Crippen LogP contribution in [-0.2, 0) is 11.8 Å². The first-order valence-electron chi connectivity index (χ1n) is 8.19. The molecule has 0 aliphatic heterocycles. The molecule has 1 unspecified atom stereocenters. The van der Waals surface area contributed by atoms with E-state index in [9.17, 15) is 9.18 Å². The fourth-order valence-electron chi connectivity index (χ4n) is 2.88. The van der Waals surface area contributed by atoms with Crippen LogP contribution in [0.15, 0.2) is 36.7 Å². The molecule has 0 saturated carbocycles. The largest absolute Gasteiger partial charge is 0.324 e. The molecule has 0 aliphatic rings. The van der Waals surface area contributed by atoms with Gasteiger partial charge in [-0.15, -0.1) is 12.4 Å². The van der Waals surface area contributed by atoms with Gasteiger partial charge < -0.3 is 10.6 Å². The van der Waals surface area contributed by atoms with Gasteiger partial charge in [0.25, 0.3) is 0 Å². The summed E-state index contributed by atoms with van der Waals surface area (Å²) in [6.45, 7) is 3.72. The zero-order chi connectivity index (χ0) is 18.8. The molecule has 2 aromatic heterocycles. The van der Waals surface area contributed by atoms with E-state index in [4.69, 9.17) is 0 Å². The highest BCUT2D eigenvalue weighted by atomic mass is 35.5. The Hall–Kier alpha value is -2.71. The maximum absolute atomic E-state index is 14.5. The van der Waals surface area contributed by atoms with E-state index in [1.165, 1.54) is 6.07 Å². The predicted octanol–water partition coefficient (Wildman–Crippen LogP) is 2.68. The topological polar surface area (TPSA) is 76.8 Å². The van der Waals surface area contributed by atoms with Crippen LogP contribution in [0.4, 0.5) is 10.1 Å². The van der Waals surface area contributed by atoms with Gasteiger partial charge in [-0.05, 0) is 45.2 Å². The highest BCUT2D eigenvalue weighted by Gasteiger charge is 2.21. The van der Waals surface area contributed by atoms with Gasteiger partial charge in [-0.3, -0.25) is 9.48 Å². The molecule has 0 saturated heterocycles. The number of anilines is 1. The minimum atomic E-state index is -0.581. The molecular weight excluding hydrogens is 371 g/mol. The third kappa shape index (κ3) is 4.35. The average molecular weight is 393 g/mol. The van der Waals surface area contributed by atoms with Gasteiger partial charge in [-0.25, -0.2) is 9.07 Å². The van der Waals surface area contributed by atoms with E-state index < -0.39 is 11.9 Å². The Kier molecular flexibility index (Phi) is 6.35. The molecule has 0 fully saturated rings. The molecule has 7 nitrogen and oxygen atoms in total. The maximum atomic E-state index is 14.5. The number of benzene rings is 1. The van der Waals surface area contributed by atoms with Gasteiger partial charge in [0.05, 0.1) is 11.9 Å². The van der Waals surface area contributed by atoms with Crippen molar-refractivity contribution >= 4 is 24.0 Å². The molecule has 3 rings (SSSR count). The van der Waals surface area contributed by atoms with Gasteiger partial charge >= 0.3 is 0 Å². The van der Waals surface area contributed by atoms with E-state index >= 15 is 0 Å². The molecule has 1 amide bonds. The van der Waals surface area contributed by atoms with Crippen molar-refractivity contribution < 1.29 is 9.18 Å². The number of carbonyl (C=O) groups excluding carboxylic acids is 1. The number of rotatable bonds is 5. The average Bonchev–Trinajstić information content (AvgIpc) is 3.14. The molecule has 2 heterocycles. The summed E-state index contributed by atoms with van der Waals surface area (Å²) in [5, 5.41) is 14.0. The van der Waals surface area contributed by atoms with Crippen LogP contribution in [-0.4, -0.2) is 32.5 Å². The fourth-order valence-corrected chi connectivity index (χ4v) is 2.88. The monoisotopic (exact) mass is 392 g/mol. The standard InChI is InChI=1S/C18H21FN6O.ClH/c1-11-7-12(2)25(23-11)16-6-5-14(8-15(16)19)22-18(26)17(20-3)13-9-21-24(4)10-13;/h5-10,17,20H,1-4H3,(H,22,26);1H. The molecule has 2 N–H and O–H groups in total. The van der Waals surface area contributed by atoms with Crippen molar-refractivity contribution in [3.05, 3.63) is 59.4 Å². The van der Waals surface area contributed by atoms with E-state index in [1.54, 1.807) is 48.0 Å². The summed E-state index contributed by atoms with van der Waals surface area (Å²) in [5.41, 5.74) is 3.10. The molecule has 1 aromatic carbocycles. The number of carbonyl (C=O) groups is 1. The van der Waals surface area contributed by atoms with Crippen molar-refractivity contribution in [3.63, 3.8) is 0 Å². The lowest BCUT2D eigenvalue weighted by Gasteiger charge is -2.15. The Labute approximate surface area is 163 Å². The predicted molar refractivity (Wildman–Crippen MR) is 104 cm³/mol. The number of nitrogens with one attached hydrogen (secondary N) is 2. The molecule has 0 bridgehead atoms. The number of halogens is 2. The van der Waals surface area contributed by atoms with Crippen molar-refractivity contribution in [3.8, 4) is 5.69 Å². The molecular formula is C18H22ClFN6O. The smallest absolute Gasteiger partial charge is 0.246 e. The number of likely N-dealkylation sites (N-methyl/N-ethyl adjacent to an activating group) is 1. The number of amides is 1.